The Morgan fingerprint density at radius 1 is 1.12 bits per heavy atom. The first-order valence-electron chi connectivity index (χ1n) is 11.4. The first-order chi connectivity index (χ1) is 15.2. The molecule has 2 aliphatic rings. The number of rotatable bonds is 6. The van der Waals surface area contributed by atoms with Crippen LogP contribution in [0.5, 0.6) is 0 Å². The lowest BCUT2D eigenvalue weighted by atomic mass is 9.96. The number of piperidine rings is 1. The number of amides is 1. The minimum Gasteiger partial charge on any atom is -0.339 e. The molecule has 32 heavy (non-hydrogen) atoms. The van der Waals surface area contributed by atoms with Crippen LogP contribution in [0, 0.1) is 0 Å². The molecule has 1 saturated heterocycles. The number of aromatic nitrogens is 2. The maximum absolute atomic E-state index is 13.0. The lowest BCUT2D eigenvalue weighted by Crippen LogP contribution is -2.35. The van der Waals surface area contributed by atoms with Gasteiger partial charge in [0.15, 0.2) is 5.82 Å². The number of carbonyl (C=O) groups is 1. The molecule has 4 rings (SSSR count). The van der Waals surface area contributed by atoms with Gasteiger partial charge in [-0.05, 0) is 49.4 Å². The SMILES string of the molecule is CC(C)(C)c1noc(CCCC(=O)N2CCc3cc(S(=O)(=O)N4CCCCC4)ccc32)n1. The molecule has 8 nitrogen and oxygen atoms in total. The molecule has 1 aromatic carbocycles. The Hall–Kier alpha value is -2.26. The first-order valence-corrected chi connectivity index (χ1v) is 12.9. The van der Waals surface area contributed by atoms with Gasteiger partial charge in [0.1, 0.15) is 0 Å². The summed E-state index contributed by atoms with van der Waals surface area (Å²) in [5.41, 5.74) is 1.57. The van der Waals surface area contributed by atoms with Crippen molar-refractivity contribution in [2.75, 3.05) is 24.5 Å². The van der Waals surface area contributed by atoms with Crippen LogP contribution in [0.15, 0.2) is 27.6 Å². The standard InChI is InChI=1S/C23H32N4O4S/c1-23(2,3)22-24-20(31-25-22)8-7-9-21(28)27-15-12-17-16-18(10-11-19(17)27)32(29,30)26-13-5-4-6-14-26/h10-11,16H,4-9,12-15H2,1-3H3. The fourth-order valence-electron chi connectivity index (χ4n) is 4.24. The molecule has 2 aliphatic heterocycles. The van der Waals surface area contributed by atoms with Crippen LogP contribution >= 0.6 is 0 Å². The van der Waals surface area contributed by atoms with E-state index in [2.05, 4.69) is 10.1 Å². The lowest BCUT2D eigenvalue weighted by molar-refractivity contribution is -0.118. The predicted octanol–water partition coefficient (Wildman–Crippen LogP) is 3.45. The Bertz CT molecular complexity index is 1080. The van der Waals surface area contributed by atoms with E-state index in [1.807, 2.05) is 20.8 Å². The molecular weight excluding hydrogens is 428 g/mol. The van der Waals surface area contributed by atoms with Crippen LogP contribution in [0.2, 0.25) is 0 Å². The normalized spacial score (nSPS) is 17.5. The molecule has 9 heteroatoms. The fraction of sp³-hybridized carbons (Fsp3) is 0.609. The summed E-state index contributed by atoms with van der Waals surface area (Å²) >= 11 is 0. The highest BCUT2D eigenvalue weighted by atomic mass is 32.2. The second-order valence-corrected chi connectivity index (χ2v) is 11.6. The monoisotopic (exact) mass is 460 g/mol. The van der Waals surface area contributed by atoms with Crippen LogP contribution in [0.4, 0.5) is 5.69 Å². The lowest BCUT2D eigenvalue weighted by Gasteiger charge is -2.26. The van der Waals surface area contributed by atoms with E-state index in [1.165, 1.54) is 0 Å². The van der Waals surface area contributed by atoms with Gasteiger partial charge in [0, 0.05) is 43.6 Å². The molecule has 0 radical (unpaired) electrons. The minimum atomic E-state index is -3.47. The summed E-state index contributed by atoms with van der Waals surface area (Å²) < 4.78 is 32.8. The van der Waals surface area contributed by atoms with E-state index in [0.717, 1.165) is 30.5 Å². The molecule has 3 heterocycles. The van der Waals surface area contributed by atoms with Crippen molar-refractivity contribution in [1.82, 2.24) is 14.4 Å². The summed E-state index contributed by atoms with van der Waals surface area (Å²) in [4.78, 5) is 19.3. The summed E-state index contributed by atoms with van der Waals surface area (Å²) in [5.74, 6) is 1.26. The van der Waals surface area contributed by atoms with Crippen molar-refractivity contribution in [1.29, 1.82) is 0 Å². The highest BCUT2D eigenvalue weighted by Crippen LogP contribution is 2.32. The van der Waals surface area contributed by atoms with Crippen LogP contribution in [0.3, 0.4) is 0 Å². The van der Waals surface area contributed by atoms with Crippen LogP contribution in [0.25, 0.3) is 0 Å². The van der Waals surface area contributed by atoms with E-state index in [-0.39, 0.29) is 11.3 Å². The Morgan fingerprint density at radius 2 is 1.88 bits per heavy atom. The second-order valence-electron chi connectivity index (χ2n) is 9.67. The largest absolute Gasteiger partial charge is 0.339 e. The van der Waals surface area contributed by atoms with Crippen LogP contribution < -0.4 is 4.90 Å². The second kappa shape index (κ2) is 8.94. The molecular formula is C23H32N4O4S. The van der Waals surface area contributed by atoms with Gasteiger partial charge in [-0.15, -0.1) is 0 Å². The molecule has 0 unspecified atom stereocenters. The molecule has 0 aliphatic carbocycles. The quantitative estimate of drug-likeness (QED) is 0.655. The molecule has 0 bridgehead atoms. The van der Waals surface area contributed by atoms with Crippen LogP contribution in [-0.2, 0) is 33.1 Å². The van der Waals surface area contributed by atoms with Crippen LogP contribution in [0.1, 0.15) is 70.2 Å². The maximum Gasteiger partial charge on any atom is 0.243 e. The molecule has 1 fully saturated rings. The minimum absolute atomic E-state index is 0.0333. The highest BCUT2D eigenvalue weighted by Gasteiger charge is 2.30. The van der Waals surface area contributed by atoms with Gasteiger partial charge in [-0.2, -0.15) is 9.29 Å². The summed E-state index contributed by atoms with van der Waals surface area (Å²) in [6.45, 7) is 7.83. The average Bonchev–Trinajstić information content (AvgIpc) is 3.41. The zero-order chi connectivity index (χ0) is 22.9. The van der Waals surface area contributed by atoms with Gasteiger partial charge < -0.3 is 9.42 Å². The third-order valence-electron chi connectivity index (χ3n) is 6.12. The van der Waals surface area contributed by atoms with E-state index < -0.39 is 10.0 Å². The average molecular weight is 461 g/mol. The smallest absolute Gasteiger partial charge is 0.243 e. The number of hydrogen-bond donors (Lipinski definition) is 0. The molecule has 0 atom stereocenters. The summed E-state index contributed by atoms with van der Waals surface area (Å²) in [6.07, 6.45) is 5.13. The number of aryl methyl sites for hydroxylation is 1. The zero-order valence-electron chi connectivity index (χ0n) is 19.1. The predicted molar refractivity (Wildman–Crippen MR) is 121 cm³/mol. The van der Waals surface area contributed by atoms with Gasteiger partial charge in [-0.25, -0.2) is 8.42 Å². The summed E-state index contributed by atoms with van der Waals surface area (Å²) in [6, 6.07) is 5.17. The van der Waals surface area contributed by atoms with Gasteiger partial charge in [-0.1, -0.05) is 32.3 Å². The van der Waals surface area contributed by atoms with Crippen molar-refractivity contribution >= 4 is 21.6 Å². The van der Waals surface area contributed by atoms with Crippen molar-refractivity contribution in [2.24, 2.45) is 0 Å². The molecule has 0 N–H and O–H groups in total. The number of nitrogens with zero attached hydrogens (tertiary/aromatic N) is 4. The van der Waals surface area contributed by atoms with Gasteiger partial charge >= 0.3 is 0 Å². The number of benzene rings is 1. The van der Waals surface area contributed by atoms with Gasteiger partial charge in [-0.3, -0.25) is 4.79 Å². The van der Waals surface area contributed by atoms with Crippen molar-refractivity contribution < 1.29 is 17.7 Å². The molecule has 1 aromatic heterocycles. The van der Waals surface area contributed by atoms with E-state index in [0.29, 0.717) is 61.9 Å². The van der Waals surface area contributed by atoms with Crippen molar-refractivity contribution in [2.45, 2.75) is 76.0 Å². The highest BCUT2D eigenvalue weighted by molar-refractivity contribution is 7.89. The Kier molecular flexibility index (Phi) is 6.40. The molecule has 0 spiro atoms. The molecule has 174 valence electrons. The summed E-state index contributed by atoms with van der Waals surface area (Å²) in [7, 11) is -3.47. The Labute approximate surface area is 190 Å². The Balaban J connectivity index is 1.37. The molecule has 1 amide bonds. The fourth-order valence-corrected chi connectivity index (χ4v) is 5.81. The zero-order valence-corrected chi connectivity index (χ0v) is 19.9. The van der Waals surface area contributed by atoms with Crippen molar-refractivity contribution in [3.05, 3.63) is 35.5 Å². The Morgan fingerprint density at radius 3 is 2.56 bits per heavy atom. The topological polar surface area (TPSA) is 96.6 Å². The van der Waals surface area contributed by atoms with Crippen molar-refractivity contribution in [3.63, 3.8) is 0 Å². The summed E-state index contributed by atoms with van der Waals surface area (Å²) in [5, 5.41) is 4.02. The number of hydrogen-bond acceptors (Lipinski definition) is 6. The molecule has 2 aromatic rings. The van der Waals surface area contributed by atoms with Crippen molar-refractivity contribution in [3.8, 4) is 0 Å². The molecule has 0 saturated carbocycles. The van der Waals surface area contributed by atoms with E-state index in [1.54, 1.807) is 27.4 Å². The van der Waals surface area contributed by atoms with Gasteiger partial charge in [0.2, 0.25) is 21.8 Å². The third kappa shape index (κ3) is 4.73. The number of anilines is 1. The number of fused-ring (bicyclic) bond motifs is 1. The number of sulfonamides is 1. The van der Waals surface area contributed by atoms with Crippen LogP contribution in [-0.4, -0.2) is 48.4 Å². The van der Waals surface area contributed by atoms with E-state index >= 15 is 0 Å². The van der Waals surface area contributed by atoms with E-state index in [4.69, 9.17) is 4.52 Å². The first kappa shape index (κ1) is 22.9. The van der Waals surface area contributed by atoms with Gasteiger partial charge in [0.05, 0.1) is 4.90 Å². The third-order valence-corrected chi connectivity index (χ3v) is 8.02. The van der Waals surface area contributed by atoms with E-state index in [9.17, 15) is 13.2 Å². The van der Waals surface area contributed by atoms with Gasteiger partial charge in [0.25, 0.3) is 0 Å². The maximum atomic E-state index is 13.0. The number of carbonyl (C=O) groups excluding carboxylic acids is 1.